The Hall–Kier alpha value is -2.87. The normalized spacial score (nSPS) is 10.9. The molecule has 0 fully saturated rings. The average Bonchev–Trinajstić information content (AvgIpc) is 2.63. The highest BCUT2D eigenvalue weighted by Gasteiger charge is 2.07. The number of rotatable bonds is 5. The van der Waals surface area contributed by atoms with Gasteiger partial charge in [-0.15, -0.1) is 0 Å². The minimum absolute atomic E-state index is 0.905. The molecule has 0 amide bonds. The Morgan fingerprint density at radius 3 is 2.25 bits per heavy atom. The maximum Gasteiger partial charge on any atom is 0.179 e. The summed E-state index contributed by atoms with van der Waals surface area (Å²) in [6, 6.07) is 23.3. The van der Waals surface area contributed by atoms with E-state index in [0.29, 0.717) is 0 Å². The van der Waals surface area contributed by atoms with E-state index >= 15 is 0 Å². The molecule has 3 aromatic rings. The Labute approximate surface area is 144 Å². The summed E-state index contributed by atoms with van der Waals surface area (Å²) >= 11 is 0. The largest absolute Gasteiger partial charge is 0.388 e. The van der Waals surface area contributed by atoms with Gasteiger partial charge >= 0.3 is 0 Å². The maximum absolute atomic E-state index is 3.13. The van der Waals surface area contributed by atoms with Crippen LogP contribution in [-0.4, -0.2) is 7.05 Å². The van der Waals surface area contributed by atoms with Crippen LogP contribution >= 0.6 is 0 Å². The van der Waals surface area contributed by atoms with Gasteiger partial charge in [-0.1, -0.05) is 54.6 Å². The highest BCUT2D eigenvalue weighted by molar-refractivity contribution is 5.70. The van der Waals surface area contributed by atoms with E-state index in [-0.39, 0.29) is 0 Å². The van der Waals surface area contributed by atoms with E-state index in [4.69, 9.17) is 0 Å². The van der Waals surface area contributed by atoms with E-state index in [9.17, 15) is 0 Å². The number of nitrogens with zero attached hydrogens (tertiary/aromatic N) is 1. The first-order chi connectivity index (χ1) is 11.7. The first-order valence-corrected chi connectivity index (χ1v) is 8.24. The minimum Gasteiger partial charge on any atom is -0.388 e. The Morgan fingerprint density at radius 2 is 1.58 bits per heavy atom. The molecule has 0 atom stereocenters. The van der Waals surface area contributed by atoms with E-state index in [0.717, 1.165) is 12.2 Å². The number of pyridine rings is 1. The fourth-order valence-electron chi connectivity index (χ4n) is 2.68. The summed E-state index contributed by atoms with van der Waals surface area (Å²) in [5.41, 5.74) is 6.12. The molecule has 0 unspecified atom stereocenters. The van der Waals surface area contributed by atoms with Gasteiger partial charge < -0.3 is 5.32 Å². The van der Waals surface area contributed by atoms with Gasteiger partial charge in [0, 0.05) is 37.4 Å². The monoisotopic (exact) mass is 315 g/mol. The molecule has 0 radical (unpaired) electrons. The predicted molar refractivity (Wildman–Crippen MR) is 102 cm³/mol. The number of nitrogens with one attached hydrogen (secondary N) is 1. The van der Waals surface area contributed by atoms with E-state index in [1.165, 1.54) is 22.4 Å². The molecule has 2 heteroatoms. The molecule has 0 bridgehead atoms. The van der Waals surface area contributed by atoms with Gasteiger partial charge in [-0.25, -0.2) is 0 Å². The summed E-state index contributed by atoms with van der Waals surface area (Å²) in [5, 5.41) is 3.13. The van der Waals surface area contributed by atoms with Crippen LogP contribution in [0.15, 0.2) is 72.9 Å². The Morgan fingerprint density at radius 1 is 0.875 bits per heavy atom. The van der Waals surface area contributed by atoms with Crippen molar-refractivity contribution in [1.82, 2.24) is 0 Å². The van der Waals surface area contributed by atoms with Crippen LogP contribution in [0, 0.1) is 6.92 Å². The topological polar surface area (TPSA) is 15.9 Å². The Balaban J connectivity index is 1.73. The molecule has 0 aliphatic heterocycles. The van der Waals surface area contributed by atoms with E-state index < -0.39 is 0 Å². The van der Waals surface area contributed by atoms with Gasteiger partial charge in [-0.2, -0.15) is 4.57 Å². The first kappa shape index (κ1) is 16.0. The minimum atomic E-state index is 0.905. The summed E-state index contributed by atoms with van der Waals surface area (Å²) in [5.74, 6) is 0. The fourth-order valence-corrected chi connectivity index (χ4v) is 2.68. The number of hydrogen-bond donors (Lipinski definition) is 1. The molecular formula is C22H23N2+. The van der Waals surface area contributed by atoms with Crippen molar-refractivity contribution in [2.24, 2.45) is 0 Å². The smallest absolute Gasteiger partial charge is 0.179 e. The third-order valence-electron chi connectivity index (χ3n) is 4.14. The molecular weight excluding hydrogens is 292 g/mol. The van der Waals surface area contributed by atoms with Gasteiger partial charge in [0.05, 0.1) is 0 Å². The van der Waals surface area contributed by atoms with Crippen LogP contribution in [0.5, 0.6) is 0 Å². The molecule has 1 heterocycles. The second-order valence-electron chi connectivity index (χ2n) is 5.92. The molecule has 0 saturated carbocycles. The van der Waals surface area contributed by atoms with Crippen LogP contribution < -0.4 is 9.88 Å². The highest BCUT2D eigenvalue weighted by atomic mass is 14.9. The van der Waals surface area contributed by atoms with Crippen molar-refractivity contribution >= 4 is 17.8 Å². The average molecular weight is 315 g/mol. The van der Waals surface area contributed by atoms with Crippen molar-refractivity contribution in [2.75, 3.05) is 12.4 Å². The zero-order valence-electron chi connectivity index (χ0n) is 14.2. The van der Waals surface area contributed by atoms with Crippen LogP contribution in [-0.2, 0) is 6.54 Å². The van der Waals surface area contributed by atoms with Crippen molar-refractivity contribution < 1.29 is 4.57 Å². The lowest BCUT2D eigenvalue weighted by molar-refractivity contribution is -0.694. The Kier molecular flexibility index (Phi) is 5.07. The molecule has 1 aromatic heterocycles. The lowest BCUT2D eigenvalue weighted by Crippen LogP contribution is -2.37. The SMILES string of the molecule is CNc1ccc(/C=C/c2cc[n+](Cc3ccccc3)c(C)c2)cc1. The summed E-state index contributed by atoms with van der Waals surface area (Å²) in [7, 11) is 1.93. The van der Waals surface area contributed by atoms with E-state index in [1.54, 1.807) is 0 Å². The van der Waals surface area contributed by atoms with Crippen LogP contribution in [0.1, 0.15) is 22.4 Å². The quantitative estimate of drug-likeness (QED) is 0.683. The second-order valence-corrected chi connectivity index (χ2v) is 5.92. The maximum atomic E-state index is 3.13. The number of aromatic nitrogens is 1. The second kappa shape index (κ2) is 7.60. The van der Waals surface area contributed by atoms with Gasteiger partial charge in [0.1, 0.15) is 0 Å². The summed E-state index contributed by atoms with van der Waals surface area (Å²) in [4.78, 5) is 0. The molecule has 0 spiro atoms. The van der Waals surface area contributed by atoms with E-state index in [1.807, 2.05) is 7.05 Å². The lowest BCUT2D eigenvalue weighted by atomic mass is 10.1. The number of hydrogen-bond acceptors (Lipinski definition) is 1. The molecule has 0 aliphatic carbocycles. The third kappa shape index (κ3) is 4.11. The predicted octanol–water partition coefficient (Wildman–Crippen LogP) is 4.54. The van der Waals surface area contributed by atoms with Crippen molar-refractivity contribution in [1.29, 1.82) is 0 Å². The van der Waals surface area contributed by atoms with Crippen molar-refractivity contribution in [2.45, 2.75) is 13.5 Å². The van der Waals surface area contributed by atoms with Crippen molar-refractivity contribution in [3.8, 4) is 0 Å². The number of aryl methyl sites for hydroxylation is 1. The van der Waals surface area contributed by atoms with Crippen molar-refractivity contribution in [3.63, 3.8) is 0 Å². The zero-order valence-corrected chi connectivity index (χ0v) is 14.2. The van der Waals surface area contributed by atoms with Crippen LogP contribution in [0.2, 0.25) is 0 Å². The molecule has 0 saturated heterocycles. The van der Waals surface area contributed by atoms with Gasteiger partial charge in [-0.05, 0) is 23.3 Å². The third-order valence-corrected chi connectivity index (χ3v) is 4.14. The number of anilines is 1. The van der Waals surface area contributed by atoms with Crippen LogP contribution in [0.3, 0.4) is 0 Å². The highest BCUT2D eigenvalue weighted by Crippen LogP contribution is 2.12. The molecule has 1 N–H and O–H groups in total. The van der Waals surface area contributed by atoms with Crippen molar-refractivity contribution in [3.05, 3.63) is 95.3 Å². The first-order valence-electron chi connectivity index (χ1n) is 8.24. The molecule has 3 rings (SSSR count). The fraction of sp³-hybridized carbons (Fsp3) is 0.136. The molecule has 120 valence electrons. The molecule has 24 heavy (non-hydrogen) atoms. The van der Waals surface area contributed by atoms with Gasteiger partial charge in [0.25, 0.3) is 0 Å². The summed E-state index contributed by atoms with van der Waals surface area (Å²) < 4.78 is 2.27. The van der Waals surface area contributed by atoms with Crippen LogP contribution in [0.4, 0.5) is 5.69 Å². The van der Waals surface area contributed by atoms with Gasteiger partial charge in [-0.3, -0.25) is 0 Å². The molecule has 2 nitrogen and oxygen atoms in total. The zero-order chi connectivity index (χ0) is 16.8. The molecule has 2 aromatic carbocycles. The lowest BCUT2D eigenvalue weighted by Gasteiger charge is -2.02. The Bertz CT molecular complexity index is 818. The summed E-state index contributed by atoms with van der Waals surface area (Å²) in [6.07, 6.45) is 6.47. The number of benzene rings is 2. The van der Waals surface area contributed by atoms with Crippen LogP contribution in [0.25, 0.3) is 12.2 Å². The van der Waals surface area contributed by atoms with Gasteiger partial charge in [0.2, 0.25) is 0 Å². The van der Waals surface area contributed by atoms with Gasteiger partial charge in [0.15, 0.2) is 18.4 Å². The summed E-state index contributed by atoms with van der Waals surface area (Å²) in [6.45, 7) is 3.06. The standard InChI is InChI=1S/C22H22N2/c1-18-16-20(9-8-19-10-12-22(23-2)13-11-19)14-15-24(18)17-21-6-4-3-5-7-21/h3-16H,17H2,1-2H3/p+1. The van der Waals surface area contributed by atoms with E-state index in [2.05, 4.69) is 102 Å². The molecule has 0 aliphatic rings.